The van der Waals surface area contributed by atoms with Crippen molar-refractivity contribution in [2.45, 2.75) is 0 Å². The molecule has 1 heterocycles. The summed E-state index contributed by atoms with van der Waals surface area (Å²) in [7, 11) is 0. The van der Waals surface area contributed by atoms with Crippen molar-refractivity contribution in [3.8, 4) is 5.75 Å². The number of aromatic hydroxyl groups is 1. The van der Waals surface area contributed by atoms with E-state index in [1.165, 1.54) is 0 Å². The second-order valence-corrected chi connectivity index (χ2v) is 2.55. The number of aromatic amines is 1. The molecule has 0 spiro atoms. The lowest BCUT2D eigenvalue weighted by Crippen LogP contribution is -1.76. The Labute approximate surface area is 68.6 Å². The lowest BCUT2D eigenvalue weighted by atomic mass is 10.2. The SMILES string of the molecule is O=Cc1[nH]c2ccccc2c1O. The molecule has 0 saturated carbocycles. The second kappa shape index (κ2) is 2.37. The zero-order valence-electron chi connectivity index (χ0n) is 6.24. The molecule has 3 nitrogen and oxygen atoms in total. The smallest absolute Gasteiger partial charge is 0.170 e. The number of fused-ring (bicyclic) bond motifs is 1. The summed E-state index contributed by atoms with van der Waals surface area (Å²) in [5, 5.41) is 10.1. The summed E-state index contributed by atoms with van der Waals surface area (Å²) in [6, 6.07) is 7.22. The van der Waals surface area contributed by atoms with Crippen LogP contribution in [-0.4, -0.2) is 16.4 Å². The molecule has 0 amide bonds. The largest absolute Gasteiger partial charge is 0.505 e. The standard InChI is InChI=1S/C9H7NO2/c11-5-8-9(12)6-3-1-2-4-7(6)10-8/h1-5,10,12H. The first-order valence-electron chi connectivity index (χ1n) is 3.58. The van der Waals surface area contributed by atoms with Gasteiger partial charge in [-0.2, -0.15) is 0 Å². The number of H-pyrrole nitrogens is 1. The number of para-hydroxylation sites is 1. The highest BCUT2D eigenvalue weighted by atomic mass is 16.3. The van der Waals surface area contributed by atoms with Gasteiger partial charge in [0.1, 0.15) is 5.69 Å². The van der Waals surface area contributed by atoms with Gasteiger partial charge in [-0.3, -0.25) is 4.79 Å². The van der Waals surface area contributed by atoms with Crippen LogP contribution in [0, 0.1) is 0 Å². The normalized spacial score (nSPS) is 10.3. The number of carbonyl (C=O) groups excluding carboxylic acids is 1. The Morgan fingerprint density at radius 2 is 2.08 bits per heavy atom. The first-order valence-corrected chi connectivity index (χ1v) is 3.58. The van der Waals surface area contributed by atoms with E-state index in [1.54, 1.807) is 6.07 Å². The van der Waals surface area contributed by atoms with Crippen LogP contribution in [0.3, 0.4) is 0 Å². The van der Waals surface area contributed by atoms with E-state index < -0.39 is 0 Å². The van der Waals surface area contributed by atoms with Crippen molar-refractivity contribution in [1.29, 1.82) is 0 Å². The number of aldehydes is 1. The average molecular weight is 161 g/mol. The Balaban J connectivity index is 2.87. The molecule has 3 heteroatoms. The van der Waals surface area contributed by atoms with Crippen molar-refractivity contribution in [3.63, 3.8) is 0 Å². The highest BCUT2D eigenvalue weighted by Gasteiger charge is 2.07. The molecular weight excluding hydrogens is 154 g/mol. The van der Waals surface area contributed by atoms with Crippen molar-refractivity contribution in [3.05, 3.63) is 30.0 Å². The average Bonchev–Trinajstić information content (AvgIpc) is 2.44. The number of benzene rings is 1. The van der Waals surface area contributed by atoms with Crippen LogP contribution in [0.4, 0.5) is 0 Å². The maximum atomic E-state index is 10.4. The minimum absolute atomic E-state index is 0.0283. The molecule has 2 N–H and O–H groups in total. The Morgan fingerprint density at radius 3 is 2.75 bits per heavy atom. The number of carbonyl (C=O) groups is 1. The summed E-state index contributed by atoms with van der Waals surface area (Å²) >= 11 is 0. The first kappa shape index (κ1) is 6.91. The van der Waals surface area contributed by atoms with E-state index in [-0.39, 0.29) is 11.4 Å². The summed E-state index contributed by atoms with van der Waals surface area (Å²) in [5.74, 6) is 0.0283. The Morgan fingerprint density at radius 1 is 1.33 bits per heavy atom. The van der Waals surface area contributed by atoms with Crippen molar-refractivity contribution in [2.75, 3.05) is 0 Å². The van der Waals surface area contributed by atoms with Crippen LogP contribution in [-0.2, 0) is 0 Å². The number of hydrogen-bond donors (Lipinski definition) is 2. The Bertz CT molecular complexity index is 431. The van der Waals surface area contributed by atoms with E-state index in [9.17, 15) is 9.90 Å². The number of nitrogens with one attached hydrogen (secondary N) is 1. The van der Waals surface area contributed by atoms with Crippen LogP contribution in [0.1, 0.15) is 10.5 Å². The lowest BCUT2D eigenvalue weighted by Gasteiger charge is -1.86. The molecule has 0 bridgehead atoms. The molecule has 0 aliphatic rings. The fourth-order valence-electron chi connectivity index (χ4n) is 1.23. The van der Waals surface area contributed by atoms with Crippen molar-refractivity contribution in [2.24, 2.45) is 0 Å². The van der Waals surface area contributed by atoms with E-state index in [1.807, 2.05) is 18.2 Å². The van der Waals surface area contributed by atoms with Crippen LogP contribution < -0.4 is 0 Å². The molecule has 0 radical (unpaired) electrons. The molecule has 60 valence electrons. The molecule has 12 heavy (non-hydrogen) atoms. The number of rotatable bonds is 1. The van der Waals surface area contributed by atoms with Gasteiger partial charge < -0.3 is 10.1 Å². The summed E-state index contributed by atoms with van der Waals surface area (Å²) in [4.78, 5) is 13.2. The van der Waals surface area contributed by atoms with E-state index in [2.05, 4.69) is 4.98 Å². The van der Waals surface area contributed by atoms with Gasteiger partial charge in [0.25, 0.3) is 0 Å². The van der Waals surface area contributed by atoms with Crippen LogP contribution in [0.15, 0.2) is 24.3 Å². The molecule has 0 unspecified atom stereocenters. The van der Waals surface area contributed by atoms with E-state index in [4.69, 9.17) is 0 Å². The second-order valence-electron chi connectivity index (χ2n) is 2.55. The summed E-state index contributed by atoms with van der Waals surface area (Å²) in [6.45, 7) is 0. The third-order valence-corrected chi connectivity index (χ3v) is 1.82. The number of aromatic nitrogens is 1. The fraction of sp³-hybridized carbons (Fsp3) is 0. The van der Waals surface area contributed by atoms with Gasteiger partial charge in [-0.25, -0.2) is 0 Å². The highest BCUT2D eigenvalue weighted by Crippen LogP contribution is 2.26. The predicted octanol–water partition coefficient (Wildman–Crippen LogP) is 1.69. The van der Waals surface area contributed by atoms with Crippen molar-refractivity contribution < 1.29 is 9.90 Å². The maximum absolute atomic E-state index is 10.4. The molecule has 2 rings (SSSR count). The van der Waals surface area contributed by atoms with E-state index >= 15 is 0 Å². The van der Waals surface area contributed by atoms with Crippen LogP contribution in [0.5, 0.6) is 5.75 Å². The van der Waals surface area contributed by atoms with Gasteiger partial charge in [-0.15, -0.1) is 0 Å². The van der Waals surface area contributed by atoms with Crippen molar-refractivity contribution in [1.82, 2.24) is 4.98 Å². The minimum Gasteiger partial charge on any atom is -0.505 e. The third-order valence-electron chi connectivity index (χ3n) is 1.82. The van der Waals surface area contributed by atoms with Gasteiger partial charge in [0.05, 0.1) is 0 Å². The third kappa shape index (κ3) is 0.797. The molecule has 0 fully saturated rings. The Hall–Kier alpha value is -1.77. The molecule has 1 aromatic carbocycles. The van der Waals surface area contributed by atoms with Crippen LogP contribution in [0.25, 0.3) is 10.9 Å². The van der Waals surface area contributed by atoms with E-state index in [0.29, 0.717) is 11.7 Å². The molecule has 0 atom stereocenters. The highest BCUT2D eigenvalue weighted by molar-refractivity contribution is 5.94. The molecule has 0 aliphatic heterocycles. The summed E-state index contributed by atoms with van der Waals surface area (Å²) in [5.41, 5.74) is 1.01. The predicted molar refractivity (Wildman–Crippen MR) is 45.4 cm³/mol. The first-order chi connectivity index (χ1) is 5.83. The van der Waals surface area contributed by atoms with Crippen LogP contribution in [0.2, 0.25) is 0 Å². The van der Waals surface area contributed by atoms with E-state index in [0.717, 1.165) is 5.52 Å². The topological polar surface area (TPSA) is 53.1 Å². The van der Waals surface area contributed by atoms with Crippen LogP contribution >= 0.6 is 0 Å². The molecule has 1 aromatic heterocycles. The van der Waals surface area contributed by atoms with Gasteiger partial charge in [-0.1, -0.05) is 12.1 Å². The van der Waals surface area contributed by atoms with Gasteiger partial charge in [-0.05, 0) is 12.1 Å². The zero-order valence-corrected chi connectivity index (χ0v) is 6.24. The monoisotopic (exact) mass is 161 g/mol. The van der Waals surface area contributed by atoms with Gasteiger partial charge in [0.2, 0.25) is 0 Å². The molecular formula is C9H7NO2. The minimum atomic E-state index is 0.0283. The van der Waals surface area contributed by atoms with Gasteiger partial charge in [0.15, 0.2) is 12.0 Å². The quantitative estimate of drug-likeness (QED) is 0.625. The molecule has 0 aliphatic carbocycles. The summed E-state index contributed by atoms with van der Waals surface area (Å²) < 4.78 is 0. The van der Waals surface area contributed by atoms with Crippen molar-refractivity contribution >= 4 is 17.2 Å². The molecule has 0 saturated heterocycles. The fourth-order valence-corrected chi connectivity index (χ4v) is 1.23. The lowest BCUT2D eigenvalue weighted by molar-refractivity contribution is 0.111. The Kier molecular flexibility index (Phi) is 1.37. The summed E-state index contributed by atoms with van der Waals surface area (Å²) in [6.07, 6.45) is 0.606. The number of hydrogen-bond acceptors (Lipinski definition) is 2. The van der Waals surface area contributed by atoms with Gasteiger partial charge in [0, 0.05) is 10.9 Å². The maximum Gasteiger partial charge on any atom is 0.170 e. The van der Waals surface area contributed by atoms with Gasteiger partial charge >= 0.3 is 0 Å². The zero-order chi connectivity index (χ0) is 8.55. The molecule has 2 aromatic rings.